The molecule has 10 heteroatoms. The van der Waals surface area contributed by atoms with Crippen LogP contribution in [0.1, 0.15) is 53.4 Å². The Labute approximate surface area is 202 Å². The number of rotatable bonds is 9. The van der Waals surface area contributed by atoms with Gasteiger partial charge in [0.05, 0.1) is 12.1 Å². The van der Waals surface area contributed by atoms with Crippen LogP contribution in [0.4, 0.5) is 10.1 Å². The lowest BCUT2D eigenvalue weighted by Gasteiger charge is -2.20. The summed E-state index contributed by atoms with van der Waals surface area (Å²) in [6, 6.07) is 7.02. The first-order chi connectivity index (χ1) is 16.8. The molecule has 0 bridgehead atoms. The van der Waals surface area contributed by atoms with Crippen LogP contribution in [0.3, 0.4) is 0 Å². The molecule has 0 saturated heterocycles. The van der Waals surface area contributed by atoms with Gasteiger partial charge in [-0.1, -0.05) is 18.2 Å². The van der Waals surface area contributed by atoms with Crippen LogP contribution in [0.5, 0.6) is 0 Å². The number of anilines is 1. The van der Waals surface area contributed by atoms with E-state index in [4.69, 9.17) is 0 Å². The first-order valence-corrected chi connectivity index (χ1v) is 11.7. The Morgan fingerprint density at radius 3 is 2.80 bits per heavy atom. The van der Waals surface area contributed by atoms with Crippen LogP contribution in [-0.2, 0) is 24.2 Å². The first kappa shape index (κ1) is 24.3. The van der Waals surface area contributed by atoms with Gasteiger partial charge in [0.15, 0.2) is 0 Å². The van der Waals surface area contributed by atoms with E-state index in [1.165, 1.54) is 6.07 Å². The van der Waals surface area contributed by atoms with Crippen LogP contribution in [0.25, 0.3) is 0 Å². The second-order valence-electron chi connectivity index (χ2n) is 8.83. The molecule has 0 saturated carbocycles. The van der Waals surface area contributed by atoms with Crippen LogP contribution in [0, 0.1) is 5.82 Å². The molecule has 184 valence electrons. The minimum atomic E-state index is -0.750. The Hall–Kier alpha value is -3.82. The van der Waals surface area contributed by atoms with Gasteiger partial charge in [-0.3, -0.25) is 9.59 Å². The number of carbonyl (C=O) groups excluding carboxylic acids is 2. The van der Waals surface area contributed by atoms with Crippen LogP contribution in [-0.4, -0.2) is 51.7 Å². The topological polar surface area (TPSA) is 102 Å². The fourth-order valence-electron chi connectivity index (χ4n) is 4.48. The van der Waals surface area contributed by atoms with E-state index in [1.807, 2.05) is 25.9 Å². The summed E-state index contributed by atoms with van der Waals surface area (Å²) in [7, 11) is 3.71. The standard InChI is InChI=1S/C25H29FN6O3/c1-4-31-14-16(21(30(2)3)13-23(31)34)9-10-17(15-33)27-25(35)24-28-22-12-11-20(32(22)29-24)18-7-5-6-8-19(18)26/h5-8,13-15,17,20H,4,9-12H2,1-3H3,(H,27,35). The monoisotopic (exact) mass is 480 g/mol. The molecule has 9 nitrogen and oxygen atoms in total. The lowest BCUT2D eigenvalue weighted by molar-refractivity contribution is -0.109. The molecule has 0 fully saturated rings. The average Bonchev–Trinajstić information content (AvgIpc) is 3.43. The van der Waals surface area contributed by atoms with Crippen molar-refractivity contribution in [3.05, 3.63) is 75.5 Å². The Morgan fingerprint density at radius 2 is 2.11 bits per heavy atom. The molecular formula is C25H29FN6O3. The summed E-state index contributed by atoms with van der Waals surface area (Å²) >= 11 is 0. The molecule has 1 aliphatic heterocycles. The molecule has 2 unspecified atom stereocenters. The van der Waals surface area contributed by atoms with Gasteiger partial charge < -0.3 is 19.6 Å². The summed E-state index contributed by atoms with van der Waals surface area (Å²) in [6.07, 6.45) is 4.56. The van der Waals surface area contributed by atoms with E-state index in [0.717, 1.165) is 11.3 Å². The lowest BCUT2D eigenvalue weighted by Crippen LogP contribution is -2.37. The Kier molecular flexibility index (Phi) is 7.09. The van der Waals surface area contributed by atoms with Gasteiger partial charge in [0.2, 0.25) is 5.82 Å². The van der Waals surface area contributed by atoms with Gasteiger partial charge in [0.1, 0.15) is 17.9 Å². The molecule has 0 radical (unpaired) electrons. The number of aromatic nitrogens is 4. The summed E-state index contributed by atoms with van der Waals surface area (Å²) in [5.74, 6) is -0.299. The Balaban J connectivity index is 1.46. The van der Waals surface area contributed by atoms with Crippen molar-refractivity contribution in [2.24, 2.45) is 0 Å². The number of benzene rings is 1. The molecule has 3 aromatic rings. The summed E-state index contributed by atoms with van der Waals surface area (Å²) in [4.78, 5) is 42.9. The van der Waals surface area contributed by atoms with Gasteiger partial charge in [-0.05, 0) is 37.8 Å². The molecular weight excluding hydrogens is 451 g/mol. The predicted molar refractivity (Wildman–Crippen MR) is 129 cm³/mol. The second-order valence-corrected chi connectivity index (χ2v) is 8.83. The van der Waals surface area contributed by atoms with Crippen molar-refractivity contribution < 1.29 is 14.0 Å². The number of amides is 1. The normalized spacial score (nSPS) is 15.5. The number of aldehydes is 1. The quantitative estimate of drug-likeness (QED) is 0.471. The largest absolute Gasteiger partial charge is 0.377 e. The molecule has 1 aliphatic rings. The van der Waals surface area contributed by atoms with Crippen LogP contribution >= 0.6 is 0 Å². The molecule has 1 amide bonds. The van der Waals surface area contributed by atoms with Gasteiger partial charge in [0.25, 0.3) is 11.5 Å². The van der Waals surface area contributed by atoms with E-state index in [0.29, 0.717) is 49.9 Å². The van der Waals surface area contributed by atoms with Crippen molar-refractivity contribution in [2.75, 3.05) is 19.0 Å². The second kappa shape index (κ2) is 10.2. The third kappa shape index (κ3) is 5.01. The summed E-state index contributed by atoms with van der Waals surface area (Å²) in [5.41, 5.74) is 2.11. The highest BCUT2D eigenvalue weighted by Gasteiger charge is 2.30. The summed E-state index contributed by atoms with van der Waals surface area (Å²) in [5, 5.41) is 7.03. The Morgan fingerprint density at radius 1 is 1.34 bits per heavy atom. The fourth-order valence-corrected chi connectivity index (χ4v) is 4.48. The number of nitrogens with one attached hydrogen (secondary N) is 1. The molecule has 0 aliphatic carbocycles. The predicted octanol–water partition coefficient (Wildman–Crippen LogP) is 2.13. The third-order valence-electron chi connectivity index (χ3n) is 6.32. The number of hydrogen-bond donors (Lipinski definition) is 1. The summed E-state index contributed by atoms with van der Waals surface area (Å²) < 4.78 is 17.5. The van der Waals surface area contributed by atoms with E-state index in [9.17, 15) is 18.8 Å². The maximum absolute atomic E-state index is 14.3. The molecule has 2 atom stereocenters. The highest BCUT2D eigenvalue weighted by Crippen LogP contribution is 2.31. The van der Waals surface area contributed by atoms with Crippen LogP contribution in [0.15, 0.2) is 41.3 Å². The zero-order valence-electron chi connectivity index (χ0n) is 20.1. The number of pyridine rings is 1. The van der Waals surface area contributed by atoms with Gasteiger partial charge >= 0.3 is 0 Å². The third-order valence-corrected chi connectivity index (χ3v) is 6.32. The average molecular weight is 481 g/mol. The minimum absolute atomic E-state index is 0.0404. The molecule has 0 spiro atoms. The number of halogens is 1. The van der Waals surface area contributed by atoms with Gasteiger partial charge in [-0.25, -0.2) is 14.1 Å². The highest BCUT2D eigenvalue weighted by atomic mass is 19.1. The van der Waals surface area contributed by atoms with Crippen molar-refractivity contribution in [3.8, 4) is 0 Å². The van der Waals surface area contributed by atoms with E-state index in [1.54, 1.807) is 39.7 Å². The van der Waals surface area contributed by atoms with Crippen molar-refractivity contribution in [1.29, 1.82) is 0 Å². The van der Waals surface area contributed by atoms with Crippen molar-refractivity contribution >= 4 is 17.9 Å². The maximum Gasteiger partial charge on any atom is 0.291 e. The molecule has 35 heavy (non-hydrogen) atoms. The number of fused-ring (bicyclic) bond motifs is 1. The highest BCUT2D eigenvalue weighted by molar-refractivity contribution is 5.92. The van der Waals surface area contributed by atoms with Gasteiger partial charge in [0, 0.05) is 50.6 Å². The first-order valence-electron chi connectivity index (χ1n) is 11.7. The number of hydrogen-bond acceptors (Lipinski definition) is 6. The van der Waals surface area contributed by atoms with Crippen molar-refractivity contribution in [2.45, 2.75) is 51.2 Å². The lowest BCUT2D eigenvalue weighted by atomic mass is 10.0. The minimum Gasteiger partial charge on any atom is -0.377 e. The van der Waals surface area contributed by atoms with Crippen molar-refractivity contribution in [3.63, 3.8) is 0 Å². The van der Waals surface area contributed by atoms with Crippen LogP contribution < -0.4 is 15.8 Å². The fraction of sp³-hybridized carbons (Fsp3) is 0.400. The summed E-state index contributed by atoms with van der Waals surface area (Å²) in [6.45, 7) is 2.43. The van der Waals surface area contributed by atoms with E-state index >= 15 is 0 Å². The van der Waals surface area contributed by atoms with E-state index < -0.39 is 11.9 Å². The molecule has 1 aromatic carbocycles. The maximum atomic E-state index is 14.3. The SMILES string of the molecule is CCn1cc(CCC(C=O)NC(=O)c2nc3n(n2)C(c2ccccc2F)CC3)c(N(C)C)cc1=O. The number of aryl methyl sites for hydroxylation is 3. The smallest absolute Gasteiger partial charge is 0.291 e. The number of nitrogens with zero attached hydrogens (tertiary/aromatic N) is 5. The van der Waals surface area contributed by atoms with Gasteiger partial charge in [-0.15, -0.1) is 5.10 Å². The molecule has 4 rings (SSSR count). The zero-order valence-corrected chi connectivity index (χ0v) is 20.1. The van der Waals surface area contributed by atoms with Crippen molar-refractivity contribution in [1.82, 2.24) is 24.6 Å². The molecule has 3 heterocycles. The van der Waals surface area contributed by atoms with Crippen LogP contribution in [0.2, 0.25) is 0 Å². The molecule has 1 N–H and O–H groups in total. The van der Waals surface area contributed by atoms with E-state index in [-0.39, 0.29) is 23.2 Å². The Bertz CT molecular complexity index is 1300. The molecule has 2 aromatic heterocycles. The zero-order chi connectivity index (χ0) is 25.1. The number of carbonyl (C=O) groups is 2. The van der Waals surface area contributed by atoms with E-state index in [2.05, 4.69) is 15.4 Å². The van der Waals surface area contributed by atoms with Gasteiger partial charge in [-0.2, -0.15) is 0 Å².